The number of aromatic nitrogens is 1. The fraction of sp³-hybridized carbons (Fsp3) is 0.259. The van der Waals surface area contributed by atoms with Gasteiger partial charge in [0.2, 0.25) is 0 Å². The van der Waals surface area contributed by atoms with Crippen LogP contribution in [0.1, 0.15) is 12.5 Å². The molecule has 13 heteroatoms. The summed E-state index contributed by atoms with van der Waals surface area (Å²) in [5, 5.41) is 21.0. The van der Waals surface area contributed by atoms with Crippen molar-refractivity contribution in [2.45, 2.75) is 6.92 Å². The molecule has 3 aromatic rings. The van der Waals surface area contributed by atoms with Gasteiger partial charge >= 0.3 is 12.1 Å². The summed E-state index contributed by atoms with van der Waals surface area (Å²) in [4.78, 5) is 31.6. The zero-order valence-electron chi connectivity index (χ0n) is 21.8. The number of pyridine rings is 1. The van der Waals surface area contributed by atoms with Crippen LogP contribution in [0.2, 0.25) is 5.02 Å². The maximum atomic E-state index is 15.6. The van der Waals surface area contributed by atoms with Crippen LogP contribution in [0.15, 0.2) is 42.6 Å². The van der Waals surface area contributed by atoms with Gasteiger partial charge in [-0.1, -0.05) is 17.7 Å². The molecule has 0 atom stereocenters. The zero-order valence-corrected chi connectivity index (χ0v) is 22.6. The zero-order chi connectivity index (χ0) is 28.8. The Labute approximate surface area is 234 Å². The lowest BCUT2D eigenvalue weighted by Crippen LogP contribution is -2.41. The summed E-state index contributed by atoms with van der Waals surface area (Å²) in [5.41, 5.74) is 0.852. The van der Waals surface area contributed by atoms with Crippen LogP contribution in [-0.4, -0.2) is 56.8 Å². The van der Waals surface area contributed by atoms with Crippen molar-refractivity contribution in [2.75, 3.05) is 54.9 Å². The fourth-order valence-electron chi connectivity index (χ4n) is 4.33. The van der Waals surface area contributed by atoms with E-state index in [-0.39, 0.29) is 35.3 Å². The summed E-state index contributed by atoms with van der Waals surface area (Å²) in [6.45, 7) is 3.61. The van der Waals surface area contributed by atoms with Gasteiger partial charge in [-0.2, -0.15) is 5.26 Å². The molecule has 0 spiro atoms. The lowest BCUT2D eigenvalue weighted by molar-refractivity contribution is 0.243. The average molecular weight is 569 g/mol. The number of halogens is 3. The standard InChI is InChI=1S/C27H27ClF2N8O2/c1-3-37-25-20(11-17(28)15-36-25)19-5-4-16(14-31)10-23(19)38(27(37)40)24-21(29)12-18(13-22(24)30)34-8-6-33-7-9-35-26(39)32-2/h4-5,10-13,15,33-34H,3,6-9H2,1-2H3,(H2,32,35,39). The van der Waals surface area contributed by atoms with E-state index in [2.05, 4.69) is 26.3 Å². The number of nitrogens with one attached hydrogen (secondary N) is 4. The molecule has 0 fully saturated rings. The van der Waals surface area contributed by atoms with Crippen LogP contribution in [0.4, 0.5) is 41.2 Å². The quantitative estimate of drug-likeness (QED) is 0.280. The summed E-state index contributed by atoms with van der Waals surface area (Å²) in [6.07, 6.45) is 1.39. The van der Waals surface area contributed by atoms with Crippen molar-refractivity contribution in [3.8, 4) is 17.2 Å². The van der Waals surface area contributed by atoms with Gasteiger partial charge in [-0.25, -0.2) is 23.4 Å². The summed E-state index contributed by atoms with van der Waals surface area (Å²) in [7, 11) is 1.52. The Balaban J connectivity index is 1.64. The molecule has 0 saturated heterocycles. The molecule has 0 saturated carbocycles. The highest BCUT2D eigenvalue weighted by Crippen LogP contribution is 2.45. The van der Waals surface area contributed by atoms with Crippen molar-refractivity contribution in [1.82, 2.24) is 20.9 Å². The van der Waals surface area contributed by atoms with Gasteiger partial charge in [0.25, 0.3) is 0 Å². The number of nitrogens with zero attached hydrogens (tertiary/aromatic N) is 4. The molecule has 40 heavy (non-hydrogen) atoms. The Morgan fingerprint density at radius 3 is 2.48 bits per heavy atom. The number of benzene rings is 2. The number of hydrogen-bond donors (Lipinski definition) is 4. The average Bonchev–Trinajstić information content (AvgIpc) is 3.03. The van der Waals surface area contributed by atoms with Crippen molar-refractivity contribution < 1.29 is 18.4 Å². The van der Waals surface area contributed by atoms with E-state index in [9.17, 15) is 14.9 Å². The summed E-state index contributed by atoms with van der Waals surface area (Å²) in [6, 6.07) is 9.39. The predicted octanol–water partition coefficient (Wildman–Crippen LogP) is 4.58. The number of anilines is 4. The van der Waals surface area contributed by atoms with Gasteiger partial charge in [0, 0.05) is 62.8 Å². The van der Waals surface area contributed by atoms with Crippen molar-refractivity contribution in [3.63, 3.8) is 0 Å². The Hall–Kier alpha value is -4.47. The number of carbonyl (C=O) groups is 2. The lowest BCUT2D eigenvalue weighted by Gasteiger charge is -2.28. The van der Waals surface area contributed by atoms with Crippen molar-refractivity contribution in [2.24, 2.45) is 0 Å². The number of carbonyl (C=O) groups excluding carboxylic acids is 2. The third-order valence-electron chi connectivity index (χ3n) is 6.17. The molecule has 208 valence electrons. The maximum Gasteiger partial charge on any atom is 0.334 e. The smallest absolute Gasteiger partial charge is 0.334 e. The first-order valence-electron chi connectivity index (χ1n) is 12.5. The van der Waals surface area contributed by atoms with Gasteiger partial charge in [0.05, 0.1) is 22.3 Å². The van der Waals surface area contributed by atoms with Gasteiger partial charge in [-0.3, -0.25) is 9.80 Å². The van der Waals surface area contributed by atoms with Gasteiger partial charge in [-0.05, 0) is 37.3 Å². The molecule has 0 aliphatic carbocycles. The van der Waals surface area contributed by atoms with Crippen LogP contribution in [-0.2, 0) is 0 Å². The third kappa shape index (κ3) is 5.90. The Kier molecular flexibility index (Phi) is 8.98. The molecule has 2 heterocycles. The van der Waals surface area contributed by atoms with E-state index in [4.69, 9.17) is 11.6 Å². The van der Waals surface area contributed by atoms with Crippen molar-refractivity contribution >= 4 is 46.5 Å². The van der Waals surface area contributed by atoms with E-state index < -0.39 is 23.4 Å². The number of hydrogen-bond acceptors (Lipinski definition) is 6. The van der Waals surface area contributed by atoms with Crippen LogP contribution in [0.5, 0.6) is 0 Å². The predicted molar refractivity (Wildman–Crippen MR) is 150 cm³/mol. The first-order chi connectivity index (χ1) is 19.3. The largest absolute Gasteiger partial charge is 0.384 e. The maximum absolute atomic E-state index is 15.6. The van der Waals surface area contributed by atoms with E-state index in [0.717, 1.165) is 17.0 Å². The molecular weight excluding hydrogens is 542 g/mol. The number of rotatable bonds is 9. The fourth-order valence-corrected chi connectivity index (χ4v) is 4.49. The second kappa shape index (κ2) is 12.6. The summed E-state index contributed by atoms with van der Waals surface area (Å²) in [5.74, 6) is -1.66. The minimum absolute atomic E-state index is 0.124. The minimum atomic E-state index is -0.972. The van der Waals surface area contributed by atoms with Crippen LogP contribution >= 0.6 is 11.6 Å². The molecule has 0 unspecified atom stereocenters. The molecule has 1 aliphatic rings. The molecule has 2 aromatic carbocycles. The monoisotopic (exact) mass is 568 g/mol. The molecule has 0 radical (unpaired) electrons. The van der Waals surface area contributed by atoms with Crippen LogP contribution < -0.4 is 31.1 Å². The van der Waals surface area contributed by atoms with E-state index in [1.807, 2.05) is 6.07 Å². The highest BCUT2D eigenvalue weighted by molar-refractivity contribution is 6.31. The van der Waals surface area contributed by atoms with Crippen LogP contribution in [0.3, 0.4) is 0 Å². The van der Waals surface area contributed by atoms with Gasteiger partial charge in [0.1, 0.15) is 11.5 Å². The molecule has 0 bridgehead atoms. The van der Waals surface area contributed by atoms with E-state index >= 15 is 8.78 Å². The number of nitriles is 1. The normalized spacial score (nSPS) is 12.2. The second-order valence-electron chi connectivity index (χ2n) is 8.70. The third-order valence-corrected chi connectivity index (χ3v) is 6.38. The van der Waals surface area contributed by atoms with E-state index in [1.165, 1.54) is 24.2 Å². The molecule has 1 aromatic heterocycles. The highest BCUT2D eigenvalue weighted by atomic mass is 35.5. The van der Waals surface area contributed by atoms with Crippen LogP contribution in [0.25, 0.3) is 11.1 Å². The molecule has 4 N–H and O–H groups in total. The molecule has 4 rings (SSSR count). The SMILES string of the molecule is CCN1C(=O)N(c2c(F)cc(NCCNCCNC(=O)NC)cc2F)c2cc(C#N)ccc2-c2cc(Cl)cnc21. The minimum Gasteiger partial charge on any atom is -0.384 e. The van der Waals surface area contributed by atoms with E-state index in [1.54, 1.807) is 25.1 Å². The Bertz CT molecular complexity index is 1460. The van der Waals surface area contributed by atoms with Crippen LogP contribution in [0, 0.1) is 23.0 Å². The second-order valence-corrected chi connectivity index (χ2v) is 9.14. The van der Waals surface area contributed by atoms with Crippen molar-refractivity contribution in [1.29, 1.82) is 5.26 Å². The van der Waals surface area contributed by atoms with Crippen molar-refractivity contribution in [3.05, 3.63) is 64.8 Å². The topological polar surface area (TPSA) is 125 Å². The Morgan fingerprint density at radius 2 is 1.80 bits per heavy atom. The van der Waals surface area contributed by atoms with Gasteiger partial charge in [-0.15, -0.1) is 0 Å². The number of urea groups is 2. The molecular formula is C27H27ClF2N8O2. The van der Waals surface area contributed by atoms with Gasteiger partial charge in [0.15, 0.2) is 11.6 Å². The van der Waals surface area contributed by atoms with Gasteiger partial charge < -0.3 is 21.3 Å². The summed E-state index contributed by atoms with van der Waals surface area (Å²) >= 11 is 6.22. The first-order valence-corrected chi connectivity index (χ1v) is 12.9. The highest BCUT2D eigenvalue weighted by Gasteiger charge is 2.36. The molecule has 1 aliphatic heterocycles. The molecule has 10 nitrogen and oxygen atoms in total. The summed E-state index contributed by atoms with van der Waals surface area (Å²) < 4.78 is 31.3. The van der Waals surface area contributed by atoms with E-state index in [0.29, 0.717) is 42.3 Å². The number of amides is 4. The first kappa shape index (κ1) is 28.5. The lowest BCUT2D eigenvalue weighted by atomic mass is 10.0. The molecule has 4 amide bonds. The Morgan fingerprint density at radius 1 is 1.07 bits per heavy atom. The number of fused-ring (bicyclic) bond motifs is 3.